The summed E-state index contributed by atoms with van der Waals surface area (Å²) >= 11 is 0. The molecule has 7 nitrogen and oxygen atoms in total. The third kappa shape index (κ3) is 5.44. The van der Waals surface area contributed by atoms with E-state index in [9.17, 15) is 9.59 Å². The van der Waals surface area contributed by atoms with Crippen molar-refractivity contribution in [1.29, 1.82) is 0 Å². The Morgan fingerprint density at radius 1 is 1.08 bits per heavy atom. The number of ether oxygens (including phenoxy) is 1. The molecule has 2 N–H and O–H groups in total. The SMILES string of the molecule is O=C(NC[C@H]1CCCCN1CC(=O)N1CCOCC1)Nc1ccccc1. The van der Waals surface area contributed by atoms with E-state index in [4.69, 9.17) is 4.74 Å². The predicted octanol–water partition coefficient (Wildman–Crippen LogP) is 1.52. The summed E-state index contributed by atoms with van der Waals surface area (Å²) in [4.78, 5) is 28.7. The first-order valence-corrected chi connectivity index (χ1v) is 9.42. The number of nitrogens with one attached hydrogen (secondary N) is 2. The molecule has 1 aromatic rings. The van der Waals surface area contributed by atoms with Crippen LogP contribution in [0.4, 0.5) is 10.5 Å². The molecule has 2 aliphatic rings. The molecule has 7 heteroatoms. The molecule has 0 bridgehead atoms. The minimum atomic E-state index is -0.207. The van der Waals surface area contributed by atoms with Crippen molar-refractivity contribution in [3.8, 4) is 0 Å². The van der Waals surface area contributed by atoms with E-state index in [1.165, 1.54) is 0 Å². The van der Waals surface area contributed by atoms with Crippen LogP contribution in [0.3, 0.4) is 0 Å². The second-order valence-corrected chi connectivity index (χ2v) is 6.81. The maximum absolute atomic E-state index is 12.5. The minimum Gasteiger partial charge on any atom is -0.378 e. The monoisotopic (exact) mass is 360 g/mol. The van der Waals surface area contributed by atoms with Gasteiger partial charge < -0.3 is 20.3 Å². The Labute approximate surface area is 154 Å². The molecule has 3 amide bonds. The van der Waals surface area contributed by atoms with Crippen LogP contribution in [0.2, 0.25) is 0 Å². The summed E-state index contributed by atoms with van der Waals surface area (Å²) in [5.74, 6) is 0.161. The second-order valence-electron chi connectivity index (χ2n) is 6.81. The third-order valence-electron chi connectivity index (χ3n) is 4.98. The fourth-order valence-electron chi connectivity index (χ4n) is 3.49. The molecule has 0 radical (unpaired) electrons. The van der Waals surface area contributed by atoms with E-state index < -0.39 is 0 Å². The molecule has 26 heavy (non-hydrogen) atoms. The summed E-state index contributed by atoms with van der Waals surface area (Å²) in [5.41, 5.74) is 0.771. The summed E-state index contributed by atoms with van der Waals surface area (Å²) in [6.07, 6.45) is 3.24. The largest absolute Gasteiger partial charge is 0.378 e. The average Bonchev–Trinajstić information content (AvgIpc) is 2.69. The number of rotatable bonds is 5. The van der Waals surface area contributed by atoms with Gasteiger partial charge in [-0.25, -0.2) is 4.79 Å². The van der Waals surface area contributed by atoms with Crippen LogP contribution in [-0.2, 0) is 9.53 Å². The van der Waals surface area contributed by atoms with Gasteiger partial charge in [0, 0.05) is 31.4 Å². The molecule has 1 aromatic carbocycles. The first-order valence-electron chi connectivity index (χ1n) is 9.42. The van der Waals surface area contributed by atoms with E-state index in [1.54, 1.807) is 0 Å². The lowest BCUT2D eigenvalue weighted by Gasteiger charge is -2.37. The standard InChI is InChI=1S/C19H28N4O3/c24-18(22-10-12-26-13-11-22)15-23-9-5-4-8-17(23)14-20-19(25)21-16-6-2-1-3-7-16/h1-3,6-7,17H,4-5,8-15H2,(H2,20,21,25)/t17-/m1/s1. The molecule has 3 rings (SSSR count). The van der Waals surface area contributed by atoms with Crippen LogP contribution in [0, 0.1) is 0 Å². The number of anilines is 1. The number of piperidine rings is 1. The number of morpholine rings is 1. The Hall–Kier alpha value is -2.12. The van der Waals surface area contributed by atoms with Gasteiger partial charge >= 0.3 is 6.03 Å². The van der Waals surface area contributed by atoms with Crippen LogP contribution >= 0.6 is 0 Å². The Kier molecular flexibility index (Phi) is 6.85. The highest BCUT2D eigenvalue weighted by Gasteiger charge is 2.27. The summed E-state index contributed by atoms with van der Waals surface area (Å²) in [5, 5.41) is 5.78. The number of amides is 3. The van der Waals surface area contributed by atoms with Gasteiger partial charge in [0.1, 0.15) is 0 Å². The maximum Gasteiger partial charge on any atom is 0.319 e. The molecule has 0 spiro atoms. The van der Waals surface area contributed by atoms with Crippen molar-refractivity contribution in [1.82, 2.24) is 15.1 Å². The van der Waals surface area contributed by atoms with Gasteiger partial charge in [0.25, 0.3) is 0 Å². The molecule has 2 heterocycles. The van der Waals surface area contributed by atoms with Gasteiger partial charge in [0.2, 0.25) is 5.91 Å². The lowest BCUT2D eigenvalue weighted by molar-refractivity contribution is -0.137. The smallest absolute Gasteiger partial charge is 0.319 e. The normalized spacial score (nSPS) is 21.2. The van der Waals surface area contributed by atoms with Gasteiger partial charge in [-0.3, -0.25) is 9.69 Å². The van der Waals surface area contributed by atoms with Gasteiger partial charge in [-0.2, -0.15) is 0 Å². The Morgan fingerprint density at radius 3 is 2.62 bits per heavy atom. The Balaban J connectivity index is 1.47. The lowest BCUT2D eigenvalue weighted by atomic mass is 10.0. The van der Waals surface area contributed by atoms with Crippen LogP contribution in [0.1, 0.15) is 19.3 Å². The molecular formula is C19H28N4O3. The molecule has 2 fully saturated rings. The molecule has 1 atom stereocenters. The zero-order valence-electron chi connectivity index (χ0n) is 15.2. The Bertz CT molecular complexity index is 590. The average molecular weight is 360 g/mol. The van der Waals surface area contributed by atoms with Crippen molar-refractivity contribution >= 4 is 17.6 Å². The van der Waals surface area contributed by atoms with Gasteiger partial charge in [0.15, 0.2) is 0 Å². The van der Waals surface area contributed by atoms with E-state index >= 15 is 0 Å². The number of urea groups is 1. The molecule has 0 saturated carbocycles. The zero-order chi connectivity index (χ0) is 18.2. The molecule has 2 aliphatic heterocycles. The van der Waals surface area contributed by atoms with E-state index in [0.29, 0.717) is 39.4 Å². The summed E-state index contributed by atoms with van der Waals surface area (Å²) in [6.45, 7) is 4.47. The van der Waals surface area contributed by atoms with E-state index in [1.807, 2.05) is 35.2 Å². The first kappa shape index (κ1) is 18.7. The van der Waals surface area contributed by atoms with Crippen molar-refractivity contribution in [3.05, 3.63) is 30.3 Å². The number of carbonyl (C=O) groups is 2. The quantitative estimate of drug-likeness (QED) is 0.835. The highest BCUT2D eigenvalue weighted by molar-refractivity contribution is 5.89. The fraction of sp³-hybridized carbons (Fsp3) is 0.579. The maximum atomic E-state index is 12.5. The first-order chi connectivity index (χ1) is 12.7. The van der Waals surface area contributed by atoms with Crippen LogP contribution in [0.25, 0.3) is 0 Å². The van der Waals surface area contributed by atoms with Gasteiger partial charge in [-0.05, 0) is 31.5 Å². The number of hydrogen-bond acceptors (Lipinski definition) is 4. The third-order valence-corrected chi connectivity index (χ3v) is 4.98. The number of hydrogen-bond donors (Lipinski definition) is 2. The van der Waals surface area contributed by atoms with Gasteiger partial charge in [0.05, 0.1) is 19.8 Å². The highest BCUT2D eigenvalue weighted by Crippen LogP contribution is 2.17. The fourth-order valence-corrected chi connectivity index (χ4v) is 3.49. The number of para-hydroxylation sites is 1. The summed E-state index contributed by atoms with van der Waals surface area (Å²) < 4.78 is 5.31. The molecule has 0 unspecified atom stereocenters. The number of likely N-dealkylation sites (tertiary alicyclic amines) is 1. The van der Waals surface area contributed by atoms with E-state index in [-0.39, 0.29) is 18.0 Å². The van der Waals surface area contributed by atoms with Crippen molar-refractivity contribution < 1.29 is 14.3 Å². The van der Waals surface area contributed by atoms with Gasteiger partial charge in [-0.1, -0.05) is 24.6 Å². The van der Waals surface area contributed by atoms with Crippen LogP contribution in [-0.4, -0.2) is 73.7 Å². The number of benzene rings is 1. The zero-order valence-corrected chi connectivity index (χ0v) is 15.2. The van der Waals surface area contributed by atoms with Crippen LogP contribution < -0.4 is 10.6 Å². The molecule has 0 aromatic heterocycles. The topological polar surface area (TPSA) is 73.9 Å². The second kappa shape index (κ2) is 9.54. The van der Waals surface area contributed by atoms with Crippen LogP contribution in [0.5, 0.6) is 0 Å². The van der Waals surface area contributed by atoms with Crippen molar-refractivity contribution in [3.63, 3.8) is 0 Å². The summed E-state index contributed by atoms with van der Waals surface area (Å²) in [6, 6.07) is 9.39. The summed E-state index contributed by atoms with van der Waals surface area (Å²) in [7, 11) is 0. The van der Waals surface area contributed by atoms with Gasteiger partial charge in [-0.15, -0.1) is 0 Å². The van der Waals surface area contributed by atoms with E-state index in [0.717, 1.165) is 31.5 Å². The van der Waals surface area contributed by atoms with Crippen molar-refractivity contribution in [2.24, 2.45) is 0 Å². The highest BCUT2D eigenvalue weighted by atomic mass is 16.5. The number of carbonyl (C=O) groups excluding carboxylic acids is 2. The number of nitrogens with zero attached hydrogens (tertiary/aromatic N) is 2. The molecule has 142 valence electrons. The predicted molar refractivity (Wildman–Crippen MR) is 100 cm³/mol. The molecular weight excluding hydrogens is 332 g/mol. The lowest BCUT2D eigenvalue weighted by Crippen LogP contribution is -2.52. The van der Waals surface area contributed by atoms with Crippen LogP contribution in [0.15, 0.2) is 30.3 Å². The molecule has 2 saturated heterocycles. The minimum absolute atomic E-state index is 0.161. The van der Waals surface area contributed by atoms with Crippen molar-refractivity contribution in [2.75, 3.05) is 51.3 Å². The Morgan fingerprint density at radius 2 is 1.85 bits per heavy atom. The molecule has 0 aliphatic carbocycles. The van der Waals surface area contributed by atoms with E-state index in [2.05, 4.69) is 15.5 Å². The van der Waals surface area contributed by atoms with Crippen molar-refractivity contribution in [2.45, 2.75) is 25.3 Å².